The van der Waals surface area contributed by atoms with Crippen LogP contribution in [0.1, 0.15) is 18.1 Å². The van der Waals surface area contributed by atoms with Gasteiger partial charge in [0.15, 0.2) is 0 Å². The minimum absolute atomic E-state index is 0.0475. The van der Waals surface area contributed by atoms with Crippen molar-refractivity contribution in [2.75, 3.05) is 25.1 Å². The number of hydrogen-bond donors (Lipinski definition) is 0. The molecule has 5 nitrogen and oxygen atoms in total. The number of rotatable bonds is 5. The number of anilines is 1. The van der Waals surface area contributed by atoms with Crippen LogP contribution in [0.3, 0.4) is 0 Å². The van der Waals surface area contributed by atoms with E-state index in [-0.39, 0.29) is 18.4 Å². The van der Waals surface area contributed by atoms with Crippen LogP contribution in [0.15, 0.2) is 48.5 Å². The van der Waals surface area contributed by atoms with Crippen molar-refractivity contribution in [1.29, 1.82) is 0 Å². The van der Waals surface area contributed by atoms with Crippen molar-refractivity contribution in [3.63, 3.8) is 0 Å². The predicted octanol–water partition coefficient (Wildman–Crippen LogP) is 2.63. The largest absolute Gasteiger partial charge is 0.497 e. The van der Waals surface area contributed by atoms with Gasteiger partial charge in [0, 0.05) is 25.7 Å². The average Bonchev–Trinajstić information content (AvgIpc) is 3.06. The van der Waals surface area contributed by atoms with E-state index < -0.39 is 0 Å². The Balaban J connectivity index is 1.69. The molecule has 1 heterocycles. The standard InChI is InChI=1S/C20H22N2O3/c1-15(23)21(13-16-7-9-18(25-2)10-8-16)14-20(24)22-12-11-17-5-3-4-6-19(17)22/h3-10H,11-14H2,1-2H3. The number of para-hydroxylation sites is 1. The van der Waals surface area contributed by atoms with Crippen molar-refractivity contribution >= 4 is 17.5 Å². The molecule has 0 atom stereocenters. The summed E-state index contributed by atoms with van der Waals surface area (Å²) in [4.78, 5) is 28.1. The minimum Gasteiger partial charge on any atom is -0.497 e. The molecule has 0 bridgehead atoms. The lowest BCUT2D eigenvalue weighted by Crippen LogP contribution is -2.41. The predicted molar refractivity (Wildman–Crippen MR) is 96.6 cm³/mol. The molecule has 2 amide bonds. The van der Waals surface area contributed by atoms with Gasteiger partial charge < -0.3 is 14.5 Å². The van der Waals surface area contributed by atoms with Crippen LogP contribution in [0.4, 0.5) is 5.69 Å². The van der Waals surface area contributed by atoms with Crippen molar-refractivity contribution in [2.24, 2.45) is 0 Å². The van der Waals surface area contributed by atoms with E-state index in [2.05, 4.69) is 0 Å². The first-order chi connectivity index (χ1) is 12.1. The molecule has 0 fully saturated rings. The van der Waals surface area contributed by atoms with E-state index in [1.165, 1.54) is 12.5 Å². The van der Waals surface area contributed by atoms with Gasteiger partial charge in [-0.3, -0.25) is 9.59 Å². The van der Waals surface area contributed by atoms with Crippen LogP contribution >= 0.6 is 0 Å². The molecule has 0 saturated heterocycles. The lowest BCUT2D eigenvalue weighted by Gasteiger charge is -2.24. The van der Waals surface area contributed by atoms with E-state index in [4.69, 9.17) is 4.74 Å². The second kappa shape index (κ2) is 7.38. The highest BCUT2D eigenvalue weighted by atomic mass is 16.5. The highest BCUT2D eigenvalue weighted by Crippen LogP contribution is 2.27. The highest BCUT2D eigenvalue weighted by Gasteiger charge is 2.26. The smallest absolute Gasteiger partial charge is 0.246 e. The summed E-state index contributed by atoms with van der Waals surface area (Å²) in [6, 6.07) is 15.4. The van der Waals surface area contributed by atoms with Crippen molar-refractivity contribution in [3.8, 4) is 5.75 Å². The Morgan fingerprint density at radius 2 is 1.84 bits per heavy atom. The van der Waals surface area contributed by atoms with Crippen LogP contribution in [0.2, 0.25) is 0 Å². The van der Waals surface area contributed by atoms with Gasteiger partial charge in [-0.1, -0.05) is 30.3 Å². The van der Waals surface area contributed by atoms with Crippen LogP contribution in [0, 0.1) is 0 Å². The summed E-state index contributed by atoms with van der Waals surface area (Å²) in [5, 5.41) is 0. The monoisotopic (exact) mass is 338 g/mol. The van der Waals surface area contributed by atoms with Crippen LogP contribution in [0.5, 0.6) is 5.75 Å². The van der Waals surface area contributed by atoms with Crippen LogP contribution in [0.25, 0.3) is 0 Å². The Morgan fingerprint density at radius 3 is 2.52 bits per heavy atom. The second-order valence-corrected chi connectivity index (χ2v) is 6.15. The third-order valence-corrected chi connectivity index (χ3v) is 4.49. The molecular weight excluding hydrogens is 316 g/mol. The highest BCUT2D eigenvalue weighted by molar-refractivity contribution is 5.98. The summed E-state index contributed by atoms with van der Waals surface area (Å²) in [6.07, 6.45) is 0.862. The maximum atomic E-state index is 12.7. The molecule has 0 aromatic heterocycles. The number of methoxy groups -OCH3 is 1. The third-order valence-electron chi connectivity index (χ3n) is 4.49. The number of hydrogen-bond acceptors (Lipinski definition) is 3. The minimum atomic E-state index is -0.114. The molecule has 0 unspecified atom stereocenters. The quantitative estimate of drug-likeness (QED) is 0.842. The molecule has 0 aliphatic carbocycles. The summed E-state index contributed by atoms with van der Waals surface area (Å²) in [5.41, 5.74) is 3.10. The summed E-state index contributed by atoms with van der Waals surface area (Å²) in [6.45, 7) is 2.65. The molecule has 2 aromatic rings. The molecule has 3 rings (SSSR count). The first-order valence-corrected chi connectivity index (χ1v) is 8.35. The molecule has 1 aliphatic rings. The van der Waals surface area contributed by atoms with Gasteiger partial charge >= 0.3 is 0 Å². The molecule has 2 aromatic carbocycles. The Bertz CT molecular complexity index is 771. The number of ether oxygens (including phenoxy) is 1. The zero-order chi connectivity index (χ0) is 17.8. The first kappa shape index (κ1) is 17.0. The fourth-order valence-electron chi connectivity index (χ4n) is 3.08. The Hall–Kier alpha value is -2.82. The van der Waals surface area contributed by atoms with Crippen LogP contribution in [-0.2, 0) is 22.6 Å². The molecular formula is C20H22N2O3. The molecule has 25 heavy (non-hydrogen) atoms. The Morgan fingerprint density at radius 1 is 1.12 bits per heavy atom. The van der Waals surface area contributed by atoms with Gasteiger partial charge in [0.1, 0.15) is 12.3 Å². The maximum absolute atomic E-state index is 12.7. The van der Waals surface area contributed by atoms with Gasteiger partial charge in [0.2, 0.25) is 11.8 Å². The molecule has 0 radical (unpaired) electrons. The van der Waals surface area contributed by atoms with Gasteiger partial charge in [0.25, 0.3) is 0 Å². The molecule has 5 heteroatoms. The normalized spacial score (nSPS) is 12.6. The molecule has 130 valence electrons. The van der Waals surface area contributed by atoms with Gasteiger partial charge in [-0.05, 0) is 35.7 Å². The molecule has 0 N–H and O–H groups in total. The Kier molecular flexibility index (Phi) is 5.03. The van der Waals surface area contributed by atoms with E-state index in [1.54, 1.807) is 16.9 Å². The van der Waals surface area contributed by atoms with E-state index in [9.17, 15) is 9.59 Å². The zero-order valence-electron chi connectivity index (χ0n) is 14.6. The SMILES string of the molecule is COc1ccc(CN(CC(=O)N2CCc3ccccc32)C(C)=O)cc1. The van der Waals surface area contributed by atoms with E-state index >= 15 is 0 Å². The third kappa shape index (κ3) is 3.82. The molecule has 0 spiro atoms. The Labute approximate surface area is 147 Å². The zero-order valence-corrected chi connectivity index (χ0v) is 14.6. The number of carbonyl (C=O) groups excluding carboxylic acids is 2. The van der Waals surface area contributed by atoms with E-state index in [0.717, 1.165) is 23.4 Å². The van der Waals surface area contributed by atoms with Gasteiger partial charge in [-0.25, -0.2) is 0 Å². The first-order valence-electron chi connectivity index (χ1n) is 8.35. The van der Waals surface area contributed by atoms with E-state index in [0.29, 0.717) is 13.1 Å². The van der Waals surface area contributed by atoms with Crippen molar-refractivity contribution in [2.45, 2.75) is 19.9 Å². The maximum Gasteiger partial charge on any atom is 0.246 e. The van der Waals surface area contributed by atoms with Crippen LogP contribution < -0.4 is 9.64 Å². The number of carbonyl (C=O) groups is 2. The number of benzene rings is 2. The molecule has 0 saturated carbocycles. The van der Waals surface area contributed by atoms with E-state index in [1.807, 2.05) is 48.5 Å². The number of fused-ring (bicyclic) bond motifs is 1. The van der Waals surface area contributed by atoms with Crippen molar-refractivity contribution < 1.29 is 14.3 Å². The van der Waals surface area contributed by atoms with Crippen molar-refractivity contribution in [3.05, 3.63) is 59.7 Å². The summed E-state index contributed by atoms with van der Waals surface area (Å²) in [5.74, 6) is 0.605. The van der Waals surface area contributed by atoms with Gasteiger partial charge in [0.05, 0.1) is 7.11 Å². The summed E-state index contributed by atoms with van der Waals surface area (Å²) < 4.78 is 5.15. The summed E-state index contributed by atoms with van der Waals surface area (Å²) >= 11 is 0. The summed E-state index contributed by atoms with van der Waals surface area (Å²) in [7, 11) is 1.61. The number of amides is 2. The fourth-order valence-corrected chi connectivity index (χ4v) is 3.08. The molecule has 1 aliphatic heterocycles. The van der Waals surface area contributed by atoms with Gasteiger partial charge in [-0.15, -0.1) is 0 Å². The van der Waals surface area contributed by atoms with Crippen molar-refractivity contribution in [1.82, 2.24) is 4.90 Å². The lowest BCUT2D eigenvalue weighted by atomic mass is 10.2. The fraction of sp³-hybridized carbons (Fsp3) is 0.300. The lowest BCUT2D eigenvalue weighted by molar-refractivity contribution is -0.134. The topological polar surface area (TPSA) is 49.9 Å². The number of nitrogens with zero attached hydrogens (tertiary/aromatic N) is 2. The van der Waals surface area contributed by atoms with Gasteiger partial charge in [-0.2, -0.15) is 0 Å². The van der Waals surface area contributed by atoms with Crippen LogP contribution in [-0.4, -0.2) is 36.9 Å². The second-order valence-electron chi connectivity index (χ2n) is 6.15. The average molecular weight is 338 g/mol.